The van der Waals surface area contributed by atoms with Crippen LogP contribution < -0.4 is 20.7 Å². The summed E-state index contributed by atoms with van der Waals surface area (Å²) in [6.07, 6.45) is 8.22. The van der Waals surface area contributed by atoms with Gasteiger partial charge in [-0.3, -0.25) is 9.79 Å². The van der Waals surface area contributed by atoms with Crippen LogP contribution in [0.15, 0.2) is 29.3 Å². The molecule has 26 heavy (non-hydrogen) atoms. The van der Waals surface area contributed by atoms with Gasteiger partial charge < -0.3 is 20.7 Å². The Balaban J connectivity index is 0.00000338. The number of carbonyl (C=O) groups is 1. The summed E-state index contributed by atoms with van der Waals surface area (Å²) in [4.78, 5) is 16.1. The van der Waals surface area contributed by atoms with E-state index in [-0.39, 0.29) is 36.5 Å². The Labute approximate surface area is 172 Å². The second-order valence-corrected chi connectivity index (χ2v) is 5.84. The fourth-order valence-corrected chi connectivity index (χ4v) is 2.17. The maximum Gasteiger partial charge on any atom is 0.258 e. The van der Waals surface area contributed by atoms with Crippen LogP contribution in [0.1, 0.15) is 25.3 Å². The number of ether oxygens (including phenoxy) is 1. The zero-order chi connectivity index (χ0) is 17.9. The van der Waals surface area contributed by atoms with Crippen LogP contribution in [0.4, 0.5) is 0 Å². The predicted octanol–water partition coefficient (Wildman–Crippen LogP) is 1.69. The first-order valence-corrected chi connectivity index (χ1v) is 8.68. The average molecular weight is 470 g/mol. The van der Waals surface area contributed by atoms with Crippen molar-refractivity contribution in [3.8, 4) is 18.1 Å². The molecule has 0 aromatic heterocycles. The molecule has 0 atom stereocenters. The summed E-state index contributed by atoms with van der Waals surface area (Å²) >= 11 is 0. The van der Waals surface area contributed by atoms with E-state index in [1.54, 1.807) is 0 Å². The number of guanidine groups is 1. The van der Waals surface area contributed by atoms with E-state index >= 15 is 0 Å². The zero-order valence-electron chi connectivity index (χ0n) is 15.1. The molecule has 6 nitrogen and oxygen atoms in total. The monoisotopic (exact) mass is 470 g/mol. The minimum absolute atomic E-state index is 0. The van der Waals surface area contributed by atoms with Crippen molar-refractivity contribution >= 4 is 35.8 Å². The van der Waals surface area contributed by atoms with Crippen molar-refractivity contribution in [1.82, 2.24) is 16.0 Å². The molecule has 0 heterocycles. The van der Waals surface area contributed by atoms with Crippen molar-refractivity contribution < 1.29 is 9.53 Å². The van der Waals surface area contributed by atoms with E-state index in [4.69, 9.17) is 11.2 Å². The number of rotatable bonds is 9. The number of benzene rings is 1. The second-order valence-electron chi connectivity index (χ2n) is 5.84. The maximum absolute atomic E-state index is 11.6. The lowest BCUT2D eigenvalue weighted by atomic mass is 10.1. The summed E-state index contributed by atoms with van der Waals surface area (Å²) in [5.74, 6) is 3.89. The van der Waals surface area contributed by atoms with Crippen LogP contribution in [0, 0.1) is 12.3 Å². The van der Waals surface area contributed by atoms with E-state index in [0.29, 0.717) is 24.9 Å². The Hall–Kier alpha value is -1.95. The molecule has 0 aliphatic heterocycles. The first-order chi connectivity index (χ1) is 12.2. The molecular formula is C19H27IN4O2. The highest BCUT2D eigenvalue weighted by Gasteiger charge is 2.23. The molecule has 1 aliphatic rings. The van der Waals surface area contributed by atoms with Crippen LogP contribution >= 0.6 is 24.0 Å². The van der Waals surface area contributed by atoms with Crippen molar-refractivity contribution in [3.05, 3.63) is 29.8 Å². The summed E-state index contributed by atoms with van der Waals surface area (Å²) in [5, 5.41) is 9.10. The van der Waals surface area contributed by atoms with E-state index in [1.165, 1.54) is 0 Å². The number of terminal acetylenes is 1. The van der Waals surface area contributed by atoms with Gasteiger partial charge in [-0.1, -0.05) is 18.1 Å². The lowest BCUT2D eigenvalue weighted by molar-refractivity contribution is -0.123. The molecule has 0 bridgehead atoms. The molecule has 0 spiro atoms. The SMILES string of the molecule is C#CCNC(=NCCc1ccc(OCC(=O)NC2CC2)cc1)NCC.I. The van der Waals surface area contributed by atoms with E-state index in [1.807, 2.05) is 31.2 Å². The van der Waals surface area contributed by atoms with Crippen LogP contribution in [0.5, 0.6) is 5.75 Å². The van der Waals surface area contributed by atoms with Crippen LogP contribution in [0.25, 0.3) is 0 Å². The number of hydrogen-bond acceptors (Lipinski definition) is 3. The number of carbonyl (C=O) groups excluding carboxylic acids is 1. The first-order valence-electron chi connectivity index (χ1n) is 8.68. The Morgan fingerprint density at radius 1 is 1.31 bits per heavy atom. The standard InChI is InChI=1S/C19H26N4O2.HI/c1-3-12-21-19(20-4-2)22-13-11-15-5-9-17(10-6-15)25-14-18(24)23-16-7-8-16;/h1,5-6,9-10,16H,4,7-8,11-14H2,2H3,(H,23,24)(H2,20,21,22);1H. The predicted molar refractivity (Wildman–Crippen MR) is 115 cm³/mol. The Morgan fingerprint density at radius 2 is 2.04 bits per heavy atom. The van der Waals surface area contributed by atoms with Crippen molar-refractivity contribution in [2.24, 2.45) is 4.99 Å². The smallest absolute Gasteiger partial charge is 0.258 e. The molecule has 1 aromatic carbocycles. The van der Waals surface area contributed by atoms with Crippen LogP contribution in [0.3, 0.4) is 0 Å². The number of halogens is 1. The van der Waals surface area contributed by atoms with Crippen LogP contribution in [0.2, 0.25) is 0 Å². The van der Waals surface area contributed by atoms with Gasteiger partial charge in [0.25, 0.3) is 5.91 Å². The van der Waals surface area contributed by atoms with Crippen molar-refractivity contribution in [1.29, 1.82) is 0 Å². The molecule has 0 unspecified atom stereocenters. The Bertz CT molecular complexity index is 621. The highest BCUT2D eigenvalue weighted by atomic mass is 127. The van der Waals surface area contributed by atoms with Crippen molar-refractivity contribution in [2.75, 3.05) is 26.2 Å². The second kappa shape index (κ2) is 12.4. The number of nitrogens with zero attached hydrogens (tertiary/aromatic N) is 1. The summed E-state index contributed by atoms with van der Waals surface area (Å²) in [5.41, 5.74) is 1.16. The van der Waals surface area contributed by atoms with Gasteiger partial charge in [0, 0.05) is 19.1 Å². The molecule has 3 N–H and O–H groups in total. The normalized spacial score (nSPS) is 13.2. The van der Waals surface area contributed by atoms with Gasteiger partial charge in [-0.25, -0.2) is 0 Å². The highest BCUT2D eigenvalue weighted by molar-refractivity contribution is 14.0. The summed E-state index contributed by atoms with van der Waals surface area (Å²) in [6, 6.07) is 8.11. The van der Waals surface area contributed by atoms with Gasteiger partial charge in [-0.2, -0.15) is 0 Å². The molecule has 1 fully saturated rings. The van der Waals surface area contributed by atoms with Gasteiger partial charge >= 0.3 is 0 Å². The molecular weight excluding hydrogens is 443 g/mol. The lowest BCUT2D eigenvalue weighted by Gasteiger charge is -2.09. The van der Waals surface area contributed by atoms with E-state index in [0.717, 1.165) is 37.3 Å². The van der Waals surface area contributed by atoms with Crippen LogP contribution in [-0.2, 0) is 11.2 Å². The highest BCUT2D eigenvalue weighted by Crippen LogP contribution is 2.18. The van der Waals surface area contributed by atoms with Gasteiger partial charge in [-0.05, 0) is 43.9 Å². The Morgan fingerprint density at radius 3 is 2.65 bits per heavy atom. The molecule has 0 saturated heterocycles. The molecule has 1 aromatic rings. The molecule has 1 amide bonds. The van der Waals surface area contributed by atoms with Crippen molar-refractivity contribution in [3.63, 3.8) is 0 Å². The molecule has 7 heteroatoms. The summed E-state index contributed by atoms with van der Waals surface area (Å²) in [7, 11) is 0. The largest absolute Gasteiger partial charge is 0.484 e. The third-order valence-corrected chi connectivity index (χ3v) is 3.61. The van der Waals surface area contributed by atoms with Gasteiger partial charge in [0.1, 0.15) is 5.75 Å². The third-order valence-electron chi connectivity index (χ3n) is 3.61. The molecule has 1 saturated carbocycles. The number of aliphatic imine (C=N–C) groups is 1. The number of amides is 1. The quantitative estimate of drug-likeness (QED) is 0.222. The van der Waals surface area contributed by atoms with Gasteiger partial charge in [-0.15, -0.1) is 30.4 Å². The number of nitrogens with one attached hydrogen (secondary N) is 3. The topological polar surface area (TPSA) is 74.8 Å². The minimum atomic E-state index is -0.0589. The van der Waals surface area contributed by atoms with E-state index in [2.05, 4.69) is 26.9 Å². The molecule has 2 rings (SSSR count). The fourth-order valence-electron chi connectivity index (χ4n) is 2.17. The molecule has 142 valence electrons. The maximum atomic E-state index is 11.6. The lowest BCUT2D eigenvalue weighted by Crippen LogP contribution is -2.37. The van der Waals surface area contributed by atoms with Gasteiger partial charge in [0.15, 0.2) is 12.6 Å². The van der Waals surface area contributed by atoms with Gasteiger partial charge in [0.2, 0.25) is 0 Å². The number of hydrogen-bond donors (Lipinski definition) is 3. The van der Waals surface area contributed by atoms with E-state index in [9.17, 15) is 4.79 Å². The molecule has 0 radical (unpaired) electrons. The Kier molecular flexibility index (Phi) is 10.5. The first kappa shape index (κ1) is 22.1. The molecule has 1 aliphatic carbocycles. The van der Waals surface area contributed by atoms with Gasteiger partial charge in [0.05, 0.1) is 6.54 Å². The van der Waals surface area contributed by atoms with Crippen molar-refractivity contribution in [2.45, 2.75) is 32.2 Å². The zero-order valence-corrected chi connectivity index (χ0v) is 17.4. The minimum Gasteiger partial charge on any atom is -0.484 e. The van der Waals surface area contributed by atoms with Crippen LogP contribution in [-0.4, -0.2) is 44.1 Å². The van der Waals surface area contributed by atoms with E-state index < -0.39 is 0 Å². The fraction of sp³-hybridized carbons (Fsp3) is 0.474. The average Bonchev–Trinajstić information content (AvgIpc) is 3.43. The third kappa shape index (κ3) is 8.94. The summed E-state index contributed by atoms with van der Waals surface area (Å²) in [6.45, 7) is 3.97. The summed E-state index contributed by atoms with van der Waals surface area (Å²) < 4.78 is 5.49.